The summed E-state index contributed by atoms with van der Waals surface area (Å²) in [5.41, 5.74) is 0.600. The van der Waals surface area contributed by atoms with Gasteiger partial charge in [-0.15, -0.1) is 20.4 Å². The Bertz CT molecular complexity index is 571. The fraction of sp³-hybridized carbons (Fsp3) is 0.100. The van der Waals surface area contributed by atoms with Crippen LogP contribution in [-0.2, 0) is 0 Å². The molecule has 17 heavy (non-hydrogen) atoms. The number of carboxylic acid groups (broad SMARTS) is 1. The van der Waals surface area contributed by atoms with Crippen LogP contribution < -0.4 is 0 Å². The second-order valence-electron chi connectivity index (χ2n) is 3.27. The van der Waals surface area contributed by atoms with Crippen molar-refractivity contribution in [3.05, 3.63) is 34.6 Å². The molecule has 0 spiro atoms. The van der Waals surface area contributed by atoms with Crippen molar-refractivity contribution in [1.29, 1.82) is 0 Å². The molecule has 0 atom stereocenters. The fourth-order valence-corrected chi connectivity index (χ4v) is 1.48. The maximum absolute atomic E-state index is 10.7. The fourth-order valence-electron chi connectivity index (χ4n) is 1.22. The first-order chi connectivity index (χ1) is 8.08. The van der Waals surface area contributed by atoms with Crippen molar-refractivity contribution >= 4 is 17.6 Å². The van der Waals surface area contributed by atoms with E-state index in [2.05, 4.69) is 20.4 Å². The molecule has 0 bridgehead atoms. The van der Waals surface area contributed by atoms with E-state index in [0.717, 1.165) is 0 Å². The van der Waals surface area contributed by atoms with Gasteiger partial charge in [0, 0.05) is 5.56 Å². The Hall–Kier alpha value is -2.08. The highest BCUT2D eigenvalue weighted by Gasteiger charge is 2.11. The molecular formula is C10H7ClN4O2. The number of halogens is 1. The average Bonchev–Trinajstić information content (AvgIpc) is 2.30. The topological polar surface area (TPSA) is 88.9 Å². The van der Waals surface area contributed by atoms with E-state index in [4.69, 9.17) is 16.7 Å². The molecule has 0 fully saturated rings. The highest BCUT2D eigenvalue weighted by molar-refractivity contribution is 6.33. The number of hydrogen-bond acceptors (Lipinski definition) is 5. The second-order valence-corrected chi connectivity index (χ2v) is 3.68. The zero-order valence-electron chi connectivity index (χ0n) is 8.75. The zero-order valence-corrected chi connectivity index (χ0v) is 9.51. The third-order valence-electron chi connectivity index (χ3n) is 2.04. The molecule has 2 aromatic rings. The molecule has 2 rings (SSSR count). The van der Waals surface area contributed by atoms with Crippen LogP contribution >= 0.6 is 11.6 Å². The Balaban J connectivity index is 2.46. The van der Waals surface area contributed by atoms with Crippen molar-refractivity contribution in [3.63, 3.8) is 0 Å². The quantitative estimate of drug-likeness (QED) is 0.871. The van der Waals surface area contributed by atoms with Gasteiger partial charge in [-0.2, -0.15) is 0 Å². The van der Waals surface area contributed by atoms with Crippen LogP contribution in [0.3, 0.4) is 0 Å². The molecule has 0 amide bonds. The Morgan fingerprint density at radius 3 is 2.41 bits per heavy atom. The van der Waals surface area contributed by atoms with E-state index < -0.39 is 5.97 Å². The summed E-state index contributed by atoms with van der Waals surface area (Å²) in [6.45, 7) is 1.67. The molecule has 0 saturated carbocycles. The number of aromatic carboxylic acids is 1. The lowest BCUT2D eigenvalue weighted by Gasteiger charge is -2.02. The molecular weight excluding hydrogens is 244 g/mol. The van der Waals surface area contributed by atoms with Crippen LogP contribution in [0.4, 0.5) is 0 Å². The highest BCUT2D eigenvalue weighted by Crippen LogP contribution is 2.25. The van der Waals surface area contributed by atoms with Crippen molar-refractivity contribution in [2.24, 2.45) is 0 Å². The van der Waals surface area contributed by atoms with Crippen molar-refractivity contribution in [1.82, 2.24) is 20.4 Å². The van der Waals surface area contributed by atoms with Gasteiger partial charge in [-0.3, -0.25) is 0 Å². The molecule has 6 nitrogen and oxygen atoms in total. The Morgan fingerprint density at radius 1 is 1.24 bits per heavy atom. The molecule has 1 aromatic carbocycles. The maximum atomic E-state index is 10.7. The van der Waals surface area contributed by atoms with Crippen LogP contribution in [-0.4, -0.2) is 31.5 Å². The molecule has 1 N–H and O–H groups in total. The normalized spacial score (nSPS) is 10.2. The summed E-state index contributed by atoms with van der Waals surface area (Å²) < 4.78 is 0. The van der Waals surface area contributed by atoms with Gasteiger partial charge in [0.2, 0.25) is 5.82 Å². The van der Waals surface area contributed by atoms with Crippen LogP contribution in [0.1, 0.15) is 16.2 Å². The van der Waals surface area contributed by atoms with Crippen LogP contribution in [0.25, 0.3) is 11.4 Å². The summed E-state index contributed by atoms with van der Waals surface area (Å²) in [5, 5.41) is 24.2. The first-order valence-corrected chi connectivity index (χ1v) is 5.03. The van der Waals surface area contributed by atoms with E-state index in [1.807, 2.05) is 0 Å². The van der Waals surface area contributed by atoms with Crippen molar-refractivity contribution in [3.8, 4) is 11.4 Å². The molecule has 0 aliphatic rings. The predicted molar refractivity (Wildman–Crippen MR) is 59.8 cm³/mol. The van der Waals surface area contributed by atoms with E-state index in [0.29, 0.717) is 11.4 Å². The minimum Gasteiger partial charge on any atom is -0.478 e. The van der Waals surface area contributed by atoms with Crippen molar-refractivity contribution in [2.45, 2.75) is 6.92 Å². The third-order valence-corrected chi connectivity index (χ3v) is 2.35. The van der Waals surface area contributed by atoms with Crippen LogP contribution in [0.15, 0.2) is 18.2 Å². The van der Waals surface area contributed by atoms with Gasteiger partial charge in [0.1, 0.15) is 0 Å². The average molecular weight is 251 g/mol. The van der Waals surface area contributed by atoms with Gasteiger partial charge >= 0.3 is 5.97 Å². The highest BCUT2D eigenvalue weighted by atomic mass is 35.5. The van der Waals surface area contributed by atoms with Crippen molar-refractivity contribution < 1.29 is 9.90 Å². The minimum atomic E-state index is -1.04. The first-order valence-electron chi connectivity index (χ1n) is 4.65. The SMILES string of the molecule is Cc1nnc(-c2ccc(C(=O)O)cc2Cl)nn1. The smallest absolute Gasteiger partial charge is 0.335 e. The summed E-state index contributed by atoms with van der Waals surface area (Å²) in [5.74, 6) is -0.330. The minimum absolute atomic E-state index is 0.104. The summed E-state index contributed by atoms with van der Waals surface area (Å²) >= 11 is 5.95. The molecule has 0 aliphatic carbocycles. The van der Waals surface area contributed by atoms with E-state index in [-0.39, 0.29) is 16.4 Å². The lowest BCUT2D eigenvalue weighted by Crippen LogP contribution is -2.00. The monoisotopic (exact) mass is 250 g/mol. The van der Waals surface area contributed by atoms with Gasteiger partial charge in [-0.1, -0.05) is 11.6 Å². The summed E-state index contributed by atoms with van der Waals surface area (Å²) in [6.07, 6.45) is 0. The van der Waals surface area contributed by atoms with Crippen LogP contribution in [0.2, 0.25) is 5.02 Å². The maximum Gasteiger partial charge on any atom is 0.335 e. The van der Waals surface area contributed by atoms with Crippen LogP contribution in [0.5, 0.6) is 0 Å². The number of aryl methyl sites for hydroxylation is 1. The number of rotatable bonds is 2. The standard InChI is InChI=1S/C10H7ClN4O2/c1-5-12-14-9(15-13-5)7-3-2-6(10(16)17)4-8(7)11/h2-4H,1H3,(H,16,17). The van der Waals surface area contributed by atoms with Gasteiger partial charge in [0.15, 0.2) is 5.82 Å². The summed E-state index contributed by atoms with van der Waals surface area (Å²) in [4.78, 5) is 10.7. The number of benzene rings is 1. The largest absolute Gasteiger partial charge is 0.478 e. The Labute approximate surface area is 101 Å². The van der Waals surface area contributed by atoms with Gasteiger partial charge < -0.3 is 5.11 Å². The Kier molecular flexibility index (Phi) is 2.97. The van der Waals surface area contributed by atoms with Gasteiger partial charge in [-0.05, 0) is 25.1 Å². The number of hydrogen-bond donors (Lipinski definition) is 1. The molecule has 0 radical (unpaired) electrons. The van der Waals surface area contributed by atoms with E-state index in [1.165, 1.54) is 18.2 Å². The predicted octanol–water partition coefficient (Wildman–Crippen LogP) is 1.59. The van der Waals surface area contributed by atoms with E-state index >= 15 is 0 Å². The lowest BCUT2D eigenvalue weighted by molar-refractivity contribution is 0.0697. The molecule has 0 aliphatic heterocycles. The number of nitrogens with zero attached hydrogens (tertiary/aromatic N) is 4. The lowest BCUT2D eigenvalue weighted by atomic mass is 10.1. The molecule has 1 aromatic heterocycles. The van der Waals surface area contributed by atoms with E-state index in [9.17, 15) is 4.79 Å². The van der Waals surface area contributed by atoms with Gasteiger partial charge in [0.25, 0.3) is 0 Å². The first kappa shape index (κ1) is 11.4. The zero-order chi connectivity index (χ0) is 12.4. The number of carbonyl (C=O) groups is 1. The molecule has 0 unspecified atom stereocenters. The molecule has 1 heterocycles. The third kappa shape index (κ3) is 2.36. The van der Waals surface area contributed by atoms with E-state index in [1.54, 1.807) is 6.92 Å². The number of carboxylic acids is 1. The van der Waals surface area contributed by atoms with Gasteiger partial charge in [-0.25, -0.2) is 4.79 Å². The second kappa shape index (κ2) is 4.42. The molecule has 86 valence electrons. The summed E-state index contributed by atoms with van der Waals surface area (Å²) in [6, 6.07) is 4.29. The molecule has 7 heteroatoms. The Morgan fingerprint density at radius 2 is 1.88 bits per heavy atom. The molecule has 0 saturated heterocycles. The van der Waals surface area contributed by atoms with Crippen molar-refractivity contribution in [2.75, 3.05) is 0 Å². The van der Waals surface area contributed by atoms with Crippen LogP contribution in [0, 0.1) is 6.92 Å². The number of aromatic nitrogens is 4. The van der Waals surface area contributed by atoms with Gasteiger partial charge in [0.05, 0.1) is 10.6 Å². The summed E-state index contributed by atoms with van der Waals surface area (Å²) in [7, 11) is 0.